The average molecular weight is 261 g/mol. The Labute approximate surface area is 96.1 Å². The molecule has 0 radical (unpaired) electrons. The molecule has 0 atom stereocenters. The molecule has 0 fully saturated rings. The highest BCUT2D eigenvalue weighted by atomic mass is 79.9. The number of carbonyl (C=O) groups excluding carboxylic acids is 1. The normalized spacial score (nSPS) is 11.8. The second-order valence-corrected chi connectivity index (χ2v) is 4.28. The average Bonchev–Trinajstić information content (AvgIpc) is 2.18. The summed E-state index contributed by atoms with van der Waals surface area (Å²) in [6.45, 7) is 4.38. The van der Waals surface area contributed by atoms with Gasteiger partial charge in [0.25, 0.3) is 0 Å². The summed E-state index contributed by atoms with van der Waals surface area (Å²) < 4.78 is 0. The monoisotopic (exact) mass is 260 g/mol. The maximum absolute atomic E-state index is 11.0. The van der Waals surface area contributed by atoms with Crippen molar-refractivity contribution < 1.29 is 4.79 Å². The molecule has 0 aromatic rings. The molecule has 0 aliphatic rings. The summed E-state index contributed by atoms with van der Waals surface area (Å²) in [5.41, 5.74) is 1.43. The van der Waals surface area contributed by atoms with Gasteiger partial charge in [0.05, 0.1) is 5.33 Å². The minimum Gasteiger partial charge on any atom is -0.299 e. The van der Waals surface area contributed by atoms with E-state index in [0.29, 0.717) is 17.5 Å². The van der Waals surface area contributed by atoms with Crippen molar-refractivity contribution in [3.63, 3.8) is 0 Å². The van der Waals surface area contributed by atoms with Crippen molar-refractivity contribution in [2.24, 2.45) is 0 Å². The van der Waals surface area contributed by atoms with E-state index in [2.05, 4.69) is 35.9 Å². The van der Waals surface area contributed by atoms with Crippen LogP contribution in [0.15, 0.2) is 11.6 Å². The number of carbonyl (C=O) groups is 1. The van der Waals surface area contributed by atoms with Crippen molar-refractivity contribution in [2.45, 2.75) is 52.4 Å². The van der Waals surface area contributed by atoms with Crippen LogP contribution in [0.25, 0.3) is 0 Å². The third kappa shape index (κ3) is 8.49. The predicted molar refractivity (Wildman–Crippen MR) is 65.9 cm³/mol. The van der Waals surface area contributed by atoms with E-state index >= 15 is 0 Å². The summed E-state index contributed by atoms with van der Waals surface area (Å²) >= 11 is 3.16. The molecule has 0 spiro atoms. The lowest BCUT2D eigenvalue weighted by atomic mass is 10.1. The SMILES string of the molecule is CCCCCC(C)=CCCC(=O)CBr. The van der Waals surface area contributed by atoms with Gasteiger partial charge in [-0.2, -0.15) is 0 Å². The lowest BCUT2D eigenvalue weighted by molar-refractivity contribution is -0.116. The van der Waals surface area contributed by atoms with Crippen LogP contribution in [0, 0.1) is 0 Å². The molecule has 0 aromatic carbocycles. The number of alkyl halides is 1. The van der Waals surface area contributed by atoms with Crippen molar-refractivity contribution in [2.75, 3.05) is 5.33 Å². The second-order valence-electron chi connectivity index (χ2n) is 3.72. The van der Waals surface area contributed by atoms with Gasteiger partial charge in [-0.25, -0.2) is 0 Å². The van der Waals surface area contributed by atoms with Crippen LogP contribution in [-0.4, -0.2) is 11.1 Å². The van der Waals surface area contributed by atoms with E-state index < -0.39 is 0 Å². The number of hydrogen-bond donors (Lipinski definition) is 0. The fraction of sp³-hybridized carbons (Fsp3) is 0.750. The summed E-state index contributed by atoms with van der Waals surface area (Å²) in [6.07, 6.45) is 8.84. The Kier molecular flexibility index (Phi) is 9.37. The Balaban J connectivity index is 3.50. The van der Waals surface area contributed by atoms with Crippen LogP contribution in [-0.2, 0) is 4.79 Å². The molecule has 0 heterocycles. The van der Waals surface area contributed by atoms with Crippen LogP contribution in [0.4, 0.5) is 0 Å². The zero-order valence-electron chi connectivity index (χ0n) is 9.31. The van der Waals surface area contributed by atoms with Crippen LogP contribution in [0.5, 0.6) is 0 Å². The Bertz CT molecular complexity index is 185. The van der Waals surface area contributed by atoms with Gasteiger partial charge in [-0.1, -0.05) is 47.3 Å². The van der Waals surface area contributed by atoms with E-state index in [0.717, 1.165) is 6.42 Å². The number of unbranched alkanes of at least 4 members (excludes halogenated alkanes) is 2. The van der Waals surface area contributed by atoms with Crippen molar-refractivity contribution in [1.29, 1.82) is 0 Å². The van der Waals surface area contributed by atoms with Gasteiger partial charge in [0.2, 0.25) is 0 Å². The smallest absolute Gasteiger partial charge is 0.143 e. The molecule has 0 saturated heterocycles. The first-order chi connectivity index (χ1) is 6.70. The van der Waals surface area contributed by atoms with Gasteiger partial charge in [-0.15, -0.1) is 0 Å². The zero-order valence-corrected chi connectivity index (χ0v) is 10.9. The fourth-order valence-corrected chi connectivity index (χ4v) is 1.58. The molecule has 0 amide bonds. The lowest BCUT2D eigenvalue weighted by Gasteiger charge is -2.00. The molecule has 0 aliphatic carbocycles. The second kappa shape index (κ2) is 9.45. The van der Waals surface area contributed by atoms with Crippen LogP contribution >= 0.6 is 15.9 Å². The Morgan fingerprint density at radius 2 is 2.00 bits per heavy atom. The lowest BCUT2D eigenvalue weighted by Crippen LogP contribution is -1.96. The minimum absolute atomic E-state index is 0.294. The van der Waals surface area contributed by atoms with Crippen molar-refractivity contribution >= 4 is 21.7 Å². The fourth-order valence-electron chi connectivity index (χ4n) is 1.30. The standard InChI is InChI=1S/C12H21BrO/c1-3-4-5-7-11(2)8-6-9-12(14)10-13/h8H,3-7,9-10H2,1-2H3. The highest BCUT2D eigenvalue weighted by molar-refractivity contribution is 9.09. The minimum atomic E-state index is 0.294. The molecule has 0 N–H and O–H groups in total. The molecule has 0 rings (SSSR count). The Morgan fingerprint density at radius 1 is 1.29 bits per heavy atom. The van der Waals surface area contributed by atoms with E-state index in [1.807, 2.05) is 0 Å². The maximum Gasteiger partial charge on any atom is 0.143 e. The van der Waals surface area contributed by atoms with E-state index in [-0.39, 0.29) is 0 Å². The van der Waals surface area contributed by atoms with Gasteiger partial charge < -0.3 is 0 Å². The Morgan fingerprint density at radius 3 is 2.57 bits per heavy atom. The number of halogens is 1. The van der Waals surface area contributed by atoms with Crippen LogP contribution in [0.1, 0.15) is 52.4 Å². The molecule has 0 saturated carbocycles. The molecule has 82 valence electrons. The molecule has 1 nitrogen and oxygen atoms in total. The number of hydrogen-bond acceptors (Lipinski definition) is 1. The molecule has 0 unspecified atom stereocenters. The first-order valence-corrected chi connectivity index (χ1v) is 6.56. The molecule has 14 heavy (non-hydrogen) atoms. The summed E-state index contributed by atoms with van der Waals surface area (Å²) in [4.78, 5) is 11.0. The molecule has 0 bridgehead atoms. The molecule has 0 aliphatic heterocycles. The number of ketones is 1. The highest BCUT2D eigenvalue weighted by Crippen LogP contribution is 2.09. The number of allylic oxidation sites excluding steroid dienone is 2. The third-order valence-corrected chi connectivity index (χ3v) is 2.87. The van der Waals surface area contributed by atoms with Gasteiger partial charge >= 0.3 is 0 Å². The molecular weight excluding hydrogens is 240 g/mol. The van der Waals surface area contributed by atoms with Crippen LogP contribution < -0.4 is 0 Å². The first-order valence-electron chi connectivity index (χ1n) is 5.44. The van der Waals surface area contributed by atoms with Gasteiger partial charge in [-0.3, -0.25) is 4.79 Å². The van der Waals surface area contributed by atoms with E-state index in [1.54, 1.807) is 0 Å². The van der Waals surface area contributed by atoms with E-state index in [9.17, 15) is 4.79 Å². The molecular formula is C12H21BrO. The van der Waals surface area contributed by atoms with E-state index in [1.165, 1.54) is 31.3 Å². The van der Waals surface area contributed by atoms with Crippen LogP contribution in [0.2, 0.25) is 0 Å². The van der Waals surface area contributed by atoms with Gasteiger partial charge in [0.15, 0.2) is 0 Å². The zero-order chi connectivity index (χ0) is 10.8. The summed E-state index contributed by atoms with van der Waals surface area (Å²) in [6, 6.07) is 0. The summed E-state index contributed by atoms with van der Waals surface area (Å²) in [5.74, 6) is 0.294. The third-order valence-electron chi connectivity index (χ3n) is 2.24. The van der Waals surface area contributed by atoms with Gasteiger partial charge in [0, 0.05) is 6.42 Å². The topological polar surface area (TPSA) is 17.1 Å². The van der Waals surface area contributed by atoms with Crippen molar-refractivity contribution in [3.8, 4) is 0 Å². The molecule has 2 heteroatoms. The first kappa shape index (κ1) is 13.9. The van der Waals surface area contributed by atoms with Gasteiger partial charge in [0.1, 0.15) is 5.78 Å². The number of Topliss-reactive ketones (excluding diaryl/α,β-unsaturated/α-hetero) is 1. The van der Waals surface area contributed by atoms with Crippen molar-refractivity contribution in [1.82, 2.24) is 0 Å². The Hall–Kier alpha value is -0.110. The van der Waals surface area contributed by atoms with Crippen molar-refractivity contribution in [3.05, 3.63) is 11.6 Å². The predicted octanol–water partition coefficient (Wildman–Crippen LogP) is 4.26. The maximum atomic E-state index is 11.0. The van der Waals surface area contributed by atoms with E-state index in [4.69, 9.17) is 0 Å². The molecule has 0 aromatic heterocycles. The quantitative estimate of drug-likeness (QED) is 0.362. The van der Waals surface area contributed by atoms with Crippen LogP contribution in [0.3, 0.4) is 0 Å². The highest BCUT2D eigenvalue weighted by Gasteiger charge is 1.96. The number of rotatable bonds is 8. The summed E-state index contributed by atoms with van der Waals surface area (Å²) in [5, 5.41) is 0.496. The van der Waals surface area contributed by atoms with Gasteiger partial charge in [-0.05, 0) is 26.2 Å². The largest absolute Gasteiger partial charge is 0.299 e. The summed E-state index contributed by atoms with van der Waals surface area (Å²) in [7, 11) is 0.